The number of anilines is 2. The number of fused-ring (bicyclic) bond motifs is 1. The molecule has 1 amide bonds. The van der Waals surface area contributed by atoms with E-state index in [2.05, 4.69) is 15.3 Å². The molecule has 9 nitrogen and oxygen atoms in total. The number of hydrogen-bond acceptors (Lipinski definition) is 6. The zero-order chi connectivity index (χ0) is 25.2. The third kappa shape index (κ3) is 4.78. The number of amidine groups is 1. The van der Waals surface area contributed by atoms with E-state index in [0.717, 1.165) is 55.8 Å². The molecule has 5 N–H and O–H groups in total. The van der Waals surface area contributed by atoms with E-state index in [4.69, 9.17) is 16.6 Å². The van der Waals surface area contributed by atoms with Crippen molar-refractivity contribution in [1.82, 2.24) is 9.55 Å². The Kier molecular flexibility index (Phi) is 6.63. The summed E-state index contributed by atoms with van der Waals surface area (Å²) in [5.41, 5.74) is 9.16. The topological polar surface area (TPSA) is 132 Å². The fourth-order valence-electron chi connectivity index (χ4n) is 5.04. The summed E-state index contributed by atoms with van der Waals surface area (Å²) in [5, 5.41) is 7.16. The number of hydrogen-bond donors (Lipinski definition) is 3. The molecule has 36 heavy (non-hydrogen) atoms. The molecular formula is C27H33N7O2. The molecule has 188 valence electrons. The molecule has 1 aliphatic heterocycles. The van der Waals surface area contributed by atoms with Crippen LogP contribution in [0.3, 0.4) is 0 Å². The Morgan fingerprint density at radius 3 is 2.58 bits per heavy atom. The van der Waals surface area contributed by atoms with Crippen molar-refractivity contribution in [3.63, 3.8) is 0 Å². The van der Waals surface area contributed by atoms with Gasteiger partial charge in [0, 0.05) is 48.9 Å². The summed E-state index contributed by atoms with van der Waals surface area (Å²) in [6.45, 7) is 4.37. The molecule has 1 aliphatic carbocycles. The fraction of sp³-hybridized carbons (Fsp3) is 0.407. The number of carbonyl (C=O) groups is 1. The molecule has 9 heteroatoms. The number of hydrazone groups is 1. The van der Waals surface area contributed by atoms with E-state index in [1.54, 1.807) is 6.07 Å². The molecule has 0 atom stereocenters. The van der Waals surface area contributed by atoms with Gasteiger partial charge in [-0.3, -0.25) is 14.2 Å². The number of aromatic nitrogens is 2. The van der Waals surface area contributed by atoms with Gasteiger partial charge < -0.3 is 21.8 Å². The summed E-state index contributed by atoms with van der Waals surface area (Å²) in [6, 6.07) is 13.3. The van der Waals surface area contributed by atoms with Gasteiger partial charge in [0.25, 0.3) is 5.56 Å². The van der Waals surface area contributed by atoms with Gasteiger partial charge in [-0.2, -0.15) is 5.10 Å². The molecule has 0 spiro atoms. The molecule has 0 radical (unpaired) electrons. The maximum Gasteiger partial charge on any atom is 0.261 e. The smallest absolute Gasteiger partial charge is 0.261 e. The van der Waals surface area contributed by atoms with Crippen LogP contribution in [-0.2, 0) is 17.8 Å². The number of carbonyl (C=O) groups excluding carboxylic acids is 1. The second kappa shape index (κ2) is 10.0. The first-order chi connectivity index (χ1) is 17.5. The third-order valence-corrected chi connectivity index (χ3v) is 7.28. The average Bonchev–Trinajstić information content (AvgIpc) is 3.76. The van der Waals surface area contributed by atoms with Gasteiger partial charge in [-0.25, -0.2) is 4.98 Å². The van der Waals surface area contributed by atoms with Crippen LogP contribution >= 0.6 is 0 Å². The van der Waals surface area contributed by atoms with Crippen molar-refractivity contribution in [2.45, 2.75) is 45.6 Å². The first kappa shape index (κ1) is 23.8. The normalized spacial score (nSPS) is 16.9. The number of para-hydroxylation sites is 1. The monoisotopic (exact) mass is 487 g/mol. The third-order valence-electron chi connectivity index (χ3n) is 7.28. The lowest BCUT2D eigenvalue weighted by Crippen LogP contribution is -2.38. The fourth-order valence-corrected chi connectivity index (χ4v) is 5.04. The summed E-state index contributed by atoms with van der Waals surface area (Å²) in [7, 11) is 0. The summed E-state index contributed by atoms with van der Waals surface area (Å²) < 4.78 is 1.84. The first-order valence-electron chi connectivity index (χ1n) is 12.7. The first-order valence-corrected chi connectivity index (χ1v) is 12.7. The molecule has 0 unspecified atom stereocenters. The zero-order valence-corrected chi connectivity index (χ0v) is 20.6. The van der Waals surface area contributed by atoms with Crippen molar-refractivity contribution in [2.24, 2.45) is 28.5 Å². The molecule has 2 fully saturated rings. The molecule has 3 aromatic rings. The molecule has 2 aliphatic rings. The zero-order valence-electron chi connectivity index (χ0n) is 20.6. The number of rotatable bonds is 7. The van der Waals surface area contributed by atoms with Crippen LogP contribution in [0.4, 0.5) is 11.4 Å². The van der Waals surface area contributed by atoms with Gasteiger partial charge in [0.1, 0.15) is 5.82 Å². The number of piperidine rings is 1. The van der Waals surface area contributed by atoms with Crippen LogP contribution in [-0.4, -0.2) is 34.4 Å². The number of aryl methyl sites for hydroxylation is 1. The lowest BCUT2D eigenvalue weighted by Gasteiger charge is -2.35. The minimum Gasteiger partial charge on any atom is -0.382 e. The molecule has 2 heterocycles. The standard InChI is InChI=1S/C27H33N7O2/c1-2-24-31-22-10-9-19(30-26(35)18-7-8-18)15-21(22)27(36)34(24)16-17-11-13-33(14-12-17)23-6-4-3-5-20(23)25(28)32-29/h3-6,9-10,15,17-18H,2,7-8,11-14,16,29H2,1H3,(H2,28,32)(H,30,35). The van der Waals surface area contributed by atoms with Crippen molar-refractivity contribution in [3.8, 4) is 0 Å². The lowest BCUT2D eigenvalue weighted by molar-refractivity contribution is -0.117. The van der Waals surface area contributed by atoms with Gasteiger partial charge in [-0.15, -0.1) is 0 Å². The van der Waals surface area contributed by atoms with Crippen molar-refractivity contribution in [2.75, 3.05) is 23.3 Å². The molecular weight excluding hydrogens is 454 g/mol. The number of nitrogens with zero attached hydrogens (tertiary/aromatic N) is 4. The van der Waals surface area contributed by atoms with Gasteiger partial charge in [-0.05, 0) is 61.9 Å². The average molecular weight is 488 g/mol. The Labute approximate surface area is 210 Å². The molecule has 1 saturated carbocycles. The van der Waals surface area contributed by atoms with Gasteiger partial charge >= 0.3 is 0 Å². The maximum absolute atomic E-state index is 13.6. The predicted molar refractivity (Wildman–Crippen MR) is 143 cm³/mol. The van der Waals surface area contributed by atoms with Crippen molar-refractivity contribution < 1.29 is 4.79 Å². The van der Waals surface area contributed by atoms with E-state index >= 15 is 0 Å². The van der Waals surface area contributed by atoms with Gasteiger partial charge in [0.15, 0.2) is 5.84 Å². The van der Waals surface area contributed by atoms with Crippen LogP contribution in [0.1, 0.15) is 44.0 Å². The Balaban J connectivity index is 1.34. The lowest BCUT2D eigenvalue weighted by atomic mass is 9.95. The van der Waals surface area contributed by atoms with E-state index in [0.29, 0.717) is 41.3 Å². The second-order valence-corrected chi connectivity index (χ2v) is 9.75. The van der Waals surface area contributed by atoms with E-state index in [1.165, 1.54) is 0 Å². The Morgan fingerprint density at radius 1 is 1.14 bits per heavy atom. The number of nitrogens with two attached hydrogens (primary N) is 2. The Morgan fingerprint density at radius 2 is 1.89 bits per heavy atom. The number of nitrogens with one attached hydrogen (secondary N) is 1. The van der Waals surface area contributed by atoms with Crippen molar-refractivity contribution in [3.05, 3.63) is 64.2 Å². The van der Waals surface area contributed by atoms with E-state index in [-0.39, 0.29) is 17.4 Å². The van der Waals surface area contributed by atoms with Gasteiger partial charge in [0.2, 0.25) is 5.91 Å². The molecule has 1 aromatic heterocycles. The van der Waals surface area contributed by atoms with Crippen LogP contribution in [0.5, 0.6) is 0 Å². The van der Waals surface area contributed by atoms with E-state index in [1.807, 2.05) is 47.9 Å². The molecule has 1 saturated heterocycles. The Bertz CT molecular complexity index is 1370. The van der Waals surface area contributed by atoms with Crippen LogP contribution in [0.25, 0.3) is 10.9 Å². The summed E-state index contributed by atoms with van der Waals surface area (Å²) >= 11 is 0. The van der Waals surface area contributed by atoms with E-state index in [9.17, 15) is 9.59 Å². The molecule has 2 aromatic carbocycles. The van der Waals surface area contributed by atoms with Crippen LogP contribution < -0.4 is 27.4 Å². The summed E-state index contributed by atoms with van der Waals surface area (Å²) in [6.07, 6.45) is 4.44. The van der Waals surface area contributed by atoms with Crippen LogP contribution in [0.15, 0.2) is 52.4 Å². The highest BCUT2D eigenvalue weighted by Crippen LogP contribution is 2.31. The predicted octanol–water partition coefficient (Wildman–Crippen LogP) is 2.80. The minimum absolute atomic E-state index is 0.0284. The summed E-state index contributed by atoms with van der Waals surface area (Å²) in [4.78, 5) is 32.9. The highest BCUT2D eigenvalue weighted by molar-refractivity contribution is 6.02. The summed E-state index contributed by atoms with van der Waals surface area (Å²) in [5.74, 6) is 7.03. The van der Waals surface area contributed by atoms with Gasteiger partial charge in [-0.1, -0.05) is 19.1 Å². The minimum atomic E-state index is -0.0425. The van der Waals surface area contributed by atoms with Gasteiger partial charge in [0.05, 0.1) is 10.9 Å². The maximum atomic E-state index is 13.6. The highest BCUT2D eigenvalue weighted by Gasteiger charge is 2.29. The van der Waals surface area contributed by atoms with Crippen LogP contribution in [0, 0.1) is 11.8 Å². The van der Waals surface area contributed by atoms with E-state index < -0.39 is 0 Å². The number of amides is 1. The highest BCUT2D eigenvalue weighted by atomic mass is 16.2. The SMILES string of the molecule is CCc1nc2ccc(NC(=O)C3CC3)cc2c(=O)n1CC1CCN(c2ccccc2/C(N)=N/N)CC1. The largest absolute Gasteiger partial charge is 0.382 e. The second-order valence-electron chi connectivity index (χ2n) is 9.75. The van der Waals surface area contributed by atoms with Crippen molar-refractivity contribution in [1.29, 1.82) is 0 Å². The quantitative estimate of drug-likeness (QED) is 0.203. The number of benzene rings is 2. The van der Waals surface area contributed by atoms with Crippen LogP contribution in [0.2, 0.25) is 0 Å². The van der Waals surface area contributed by atoms with Crippen molar-refractivity contribution >= 4 is 34.0 Å². The molecule has 0 bridgehead atoms. The molecule has 5 rings (SSSR count). The Hall–Kier alpha value is -3.88.